The molecular formula is C27H28FN3O3. The maximum Gasteiger partial charge on any atom is 0.253 e. The molecule has 7 heteroatoms. The molecule has 1 fully saturated rings. The van der Waals surface area contributed by atoms with Crippen LogP contribution in [0.2, 0.25) is 0 Å². The van der Waals surface area contributed by atoms with E-state index in [2.05, 4.69) is 10.3 Å². The molecule has 4 rings (SSSR count). The summed E-state index contributed by atoms with van der Waals surface area (Å²) in [6.45, 7) is 5.38. The van der Waals surface area contributed by atoms with Gasteiger partial charge in [-0.05, 0) is 73.7 Å². The van der Waals surface area contributed by atoms with Crippen LogP contribution in [0.1, 0.15) is 39.9 Å². The second kappa shape index (κ2) is 10.5. The van der Waals surface area contributed by atoms with Crippen LogP contribution in [0, 0.1) is 25.6 Å². The zero-order valence-corrected chi connectivity index (χ0v) is 19.4. The molecule has 1 aliphatic heterocycles. The van der Waals surface area contributed by atoms with Gasteiger partial charge in [0, 0.05) is 43.4 Å². The second-order valence-corrected chi connectivity index (χ2v) is 8.67. The lowest BCUT2D eigenvalue weighted by Crippen LogP contribution is -2.42. The number of hydrogen-bond acceptors (Lipinski definition) is 4. The minimum atomic E-state index is -0.370. The Hall–Kier alpha value is -3.74. The number of aryl methyl sites for hydroxylation is 2. The molecule has 1 aromatic heterocycles. The lowest BCUT2D eigenvalue weighted by atomic mass is 9.95. The number of rotatable bonds is 6. The molecule has 6 nitrogen and oxygen atoms in total. The fourth-order valence-electron chi connectivity index (χ4n) is 3.96. The van der Waals surface area contributed by atoms with Crippen molar-refractivity contribution in [2.75, 3.05) is 13.1 Å². The average molecular weight is 462 g/mol. The molecule has 2 aromatic carbocycles. The highest BCUT2D eigenvalue weighted by Gasteiger charge is 2.27. The summed E-state index contributed by atoms with van der Waals surface area (Å²) in [7, 11) is 0. The SMILES string of the molecule is Cc1ccc(C)c(Oc2ccc(CNC(=O)C3CCN(C(=O)c4ccc(F)cc4)CC3)cn2)c1. The first kappa shape index (κ1) is 23.4. The standard InChI is InChI=1S/C27H28FN3O3/c1-18-3-4-19(2)24(15-18)34-25-10-5-20(16-29-25)17-30-26(32)21-11-13-31(14-12-21)27(33)22-6-8-23(28)9-7-22/h3-10,15-16,21H,11-14,17H2,1-2H3,(H,30,32). The van der Waals surface area contributed by atoms with E-state index in [9.17, 15) is 14.0 Å². The summed E-state index contributed by atoms with van der Waals surface area (Å²) in [5.41, 5.74) is 3.49. The average Bonchev–Trinajstić information content (AvgIpc) is 2.86. The maximum atomic E-state index is 13.1. The van der Waals surface area contributed by atoms with Crippen molar-refractivity contribution in [2.45, 2.75) is 33.2 Å². The number of pyridine rings is 1. The van der Waals surface area contributed by atoms with Crippen LogP contribution in [0.4, 0.5) is 4.39 Å². The number of benzene rings is 2. The van der Waals surface area contributed by atoms with Gasteiger partial charge in [-0.15, -0.1) is 0 Å². The molecule has 0 radical (unpaired) electrons. The van der Waals surface area contributed by atoms with Crippen LogP contribution >= 0.6 is 0 Å². The second-order valence-electron chi connectivity index (χ2n) is 8.67. The van der Waals surface area contributed by atoms with Gasteiger partial charge in [-0.3, -0.25) is 9.59 Å². The molecule has 0 unspecified atom stereocenters. The number of piperidine rings is 1. The zero-order chi connectivity index (χ0) is 24.1. The monoisotopic (exact) mass is 461 g/mol. The largest absolute Gasteiger partial charge is 0.439 e. The fourth-order valence-corrected chi connectivity index (χ4v) is 3.96. The van der Waals surface area contributed by atoms with Crippen LogP contribution in [-0.2, 0) is 11.3 Å². The molecule has 0 bridgehead atoms. The van der Waals surface area contributed by atoms with Gasteiger partial charge in [-0.25, -0.2) is 9.37 Å². The molecule has 0 spiro atoms. The Morgan fingerprint density at radius 2 is 1.79 bits per heavy atom. The zero-order valence-electron chi connectivity index (χ0n) is 19.4. The van der Waals surface area contributed by atoms with Gasteiger partial charge in [-0.1, -0.05) is 18.2 Å². The van der Waals surface area contributed by atoms with E-state index in [1.807, 2.05) is 38.1 Å². The maximum absolute atomic E-state index is 13.1. The van der Waals surface area contributed by atoms with E-state index in [4.69, 9.17) is 4.74 Å². The van der Waals surface area contributed by atoms with Crippen molar-refractivity contribution in [3.63, 3.8) is 0 Å². The molecule has 2 amide bonds. The topological polar surface area (TPSA) is 71.5 Å². The van der Waals surface area contributed by atoms with E-state index in [0.29, 0.717) is 43.9 Å². The summed E-state index contributed by atoms with van der Waals surface area (Å²) in [5, 5.41) is 2.97. The van der Waals surface area contributed by atoms with Crippen LogP contribution in [0.25, 0.3) is 0 Å². The summed E-state index contributed by atoms with van der Waals surface area (Å²) in [4.78, 5) is 31.3. The van der Waals surface area contributed by atoms with E-state index < -0.39 is 0 Å². The molecule has 0 aliphatic carbocycles. The Kier molecular flexibility index (Phi) is 7.21. The lowest BCUT2D eigenvalue weighted by molar-refractivity contribution is -0.126. The van der Waals surface area contributed by atoms with Gasteiger partial charge >= 0.3 is 0 Å². The number of ether oxygens (including phenoxy) is 1. The minimum absolute atomic E-state index is 0.0235. The predicted molar refractivity (Wildman–Crippen MR) is 127 cm³/mol. The quantitative estimate of drug-likeness (QED) is 0.573. The van der Waals surface area contributed by atoms with Crippen LogP contribution in [0.3, 0.4) is 0 Å². The highest BCUT2D eigenvalue weighted by molar-refractivity contribution is 5.94. The number of halogens is 1. The van der Waals surface area contributed by atoms with Crippen molar-refractivity contribution in [1.82, 2.24) is 15.2 Å². The minimum Gasteiger partial charge on any atom is -0.439 e. The van der Waals surface area contributed by atoms with Crippen LogP contribution in [0.5, 0.6) is 11.6 Å². The predicted octanol–water partition coefficient (Wildman–Crippen LogP) is 4.80. The number of carbonyl (C=O) groups is 2. The van der Waals surface area contributed by atoms with Gasteiger partial charge in [0.05, 0.1) is 0 Å². The van der Waals surface area contributed by atoms with Crippen molar-refractivity contribution < 1.29 is 18.7 Å². The lowest BCUT2D eigenvalue weighted by Gasteiger charge is -2.31. The molecule has 0 saturated carbocycles. The molecule has 1 saturated heterocycles. The number of amides is 2. The normalized spacial score (nSPS) is 14.0. The number of carbonyl (C=O) groups excluding carboxylic acids is 2. The molecule has 0 atom stereocenters. The van der Waals surface area contributed by atoms with Crippen molar-refractivity contribution in [2.24, 2.45) is 5.92 Å². The Bertz CT molecular complexity index is 1150. The molecule has 1 N–H and O–H groups in total. The van der Waals surface area contributed by atoms with Crippen molar-refractivity contribution in [3.05, 3.63) is 88.9 Å². The Morgan fingerprint density at radius 3 is 2.47 bits per heavy atom. The highest BCUT2D eigenvalue weighted by atomic mass is 19.1. The summed E-state index contributed by atoms with van der Waals surface area (Å²) >= 11 is 0. The van der Waals surface area contributed by atoms with Crippen LogP contribution in [0.15, 0.2) is 60.8 Å². The summed E-state index contributed by atoms with van der Waals surface area (Å²) in [6, 6.07) is 15.2. The number of likely N-dealkylation sites (tertiary alicyclic amines) is 1. The Labute approximate surface area is 198 Å². The van der Waals surface area contributed by atoms with E-state index in [1.165, 1.54) is 24.3 Å². The van der Waals surface area contributed by atoms with E-state index in [1.54, 1.807) is 17.2 Å². The number of hydrogen-bond donors (Lipinski definition) is 1. The van der Waals surface area contributed by atoms with Crippen LogP contribution in [-0.4, -0.2) is 34.8 Å². The number of aromatic nitrogens is 1. The number of nitrogens with one attached hydrogen (secondary N) is 1. The summed E-state index contributed by atoms with van der Waals surface area (Å²) in [6.07, 6.45) is 2.89. The third-order valence-corrected chi connectivity index (χ3v) is 6.07. The fraction of sp³-hybridized carbons (Fsp3) is 0.296. The number of nitrogens with zero attached hydrogens (tertiary/aromatic N) is 2. The van der Waals surface area contributed by atoms with Crippen molar-refractivity contribution in [1.29, 1.82) is 0 Å². The first-order valence-electron chi connectivity index (χ1n) is 11.4. The first-order valence-corrected chi connectivity index (χ1v) is 11.4. The third-order valence-electron chi connectivity index (χ3n) is 6.07. The van der Waals surface area contributed by atoms with Crippen molar-refractivity contribution in [3.8, 4) is 11.6 Å². The smallest absolute Gasteiger partial charge is 0.253 e. The molecule has 176 valence electrons. The van der Waals surface area contributed by atoms with Gasteiger partial charge in [0.15, 0.2) is 0 Å². The van der Waals surface area contributed by atoms with Gasteiger partial charge in [0.2, 0.25) is 11.8 Å². The molecule has 3 aromatic rings. The van der Waals surface area contributed by atoms with E-state index in [-0.39, 0.29) is 23.5 Å². The summed E-state index contributed by atoms with van der Waals surface area (Å²) < 4.78 is 19.0. The van der Waals surface area contributed by atoms with E-state index >= 15 is 0 Å². The molecule has 2 heterocycles. The van der Waals surface area contributed by atoms with Gasteiger partial charge in [0.25, 0.3) is 5.91 Å². The molecule has 34 heavy (non-hydrogen) atoms. The van der Waals surface area contributed by atoms with Gasteiger partial charge in [-0.2, -0.15) is 0 Å². The van der Waals surface area contributed by atoms with E-state index in [0.717, 1.165) is 22.4 Å². The molecule has 1 aliphatic rings. The first-order chi connectivity index (χ1) is 16.4. The van der Waals surface area contributed by atoms with Crippen LogP contribution < -0.4 is 10.1 Å². The summed E-state index contributed by atoms with van der Waals surface area (Å²) in [5.74, 6) is 0.611. The van der Waals surface area contributed by atoms with Crippen molar-refractivity contribution >= 4 is 11.8 Å². The Balaban J connectivity index is 1.24. The highest BCUT2D eigenvalue weighted by Crippen LogP contribution is 2.25. The third kappa shape index (κ3) is 5.78. The molecular weight excluding hydrogens is 433 g/mol. The Morgan fingerprint density at radius 1 is 1.06 bits per heavy atom. The van der Waals surface area contributed by atoms with Gasteiger partial charge in [0.1, 0.15) is 11.6 Å². The van der Waals surface area contributed by atoms with Gasteiger partial charge < -0.3 is 15.0 Å².